The van der Waals surface area contributed by atoms with Crippen molar-refractivity contribution >= 4 is 5.91 Å². The van der Waals surface area contributed by atoms with Crippen molar-refractivity contribution in [2.75, 3.05) is 33.2 Å². The van der Waals surface area contributed by atoms with Crippen LogP contribution in [-0.4, -0.2) is 73.4 Å². The molecule has 3 unspecified atom stereocenters. The first-order valence-corrected chi connectivity index (χ1v) is 17.8. The third kappa shape index (κ3) is 10.8. The van der Waals surface area contributed by atoms with Crippen molar-refractivity contribution in [2.24, 2.45) is 29.6 Å². The van der Waals surface area contributed by atoms with Crippen LogP contribution >= 0.6 is 0 Å². The van der Waals surface area contributed by atoms with Gasteiger partial charge in [-0.05, 0) is 82.1 Å². The van der Waals surface area contributed by atoms with E-state index in [-0.39, 0.29) is 43.7 Å². The fourth-order valence-corrected chi connectivity index (χ4v) is 8.75. The summed E-state index contributed by atoms with van der Waals surface area (Å²) in [5, 5.41) is 3.75. The molecular weight excluding hydrogens is 580 g/mol. The van der Waals surface area contributed by atoms with Gasteiger partial charge in [-0.3, -0.25) is 9.69 Å². The second kappa shape index (κ2) is 16.7. The van der Waals surface area contributed by atoms with Crippen LogP contribution in [-0.2, 0) is 4.79 Å². The van der Waals surface area contributed by atoms with E-state index in [9.17, 15) is 31.1 Å². The molecule has 1 aliphatic heterocycles. The summed E-state index contributed by atoms with van der Waals surface area (Å²) in [6.45, 7) is 2.91. The average molecular weight is 638 g/mol. The summed E-state index contributed by atoms with van der Waals surface area (Å²) in [5.74, 6) is -3.40. The first kappa shape index (κ1) is 35.8. The van der Waals surface area contributed by atoms with E-state index in [1.165, 1.54) is 57.8 Å². The molecular formula is C34H57F6N3O. The number of rotatable bonds is 12. The van der Waals surface area contributed by atoms with Crippen molar-refractivity contribution in [2.45, 2.75) is 146 Å². The number of unbranched alkanes of at least 4 members (excludes halogenated alkanes) is 1. The average Bonchev–Trinajstić information content (AvgIpc) is 3.00. The molecule has 3 atom stereocenters. The van der Waals surface area contributed by atoms with Gasteiger partial charge in [0.2, 0.25) is 5.91 Å². The number of nitrogens with zero attached hydrogens (tertiary/aromatic N) is 2. The minimum atomic E-state index is -4.63. The highest BCUT2D eigenvalue weighted by molar-refractivity contribution is 5.82. The highest BCUT2D eigenvalue weighted by atomic mass is 19.4. The first-order valence-electron chi connectivity index (χ1n) is 17.8. The summed E-state index contributed by atoms with van der Waals surface area (Å²) in [7, 11) is 1.69. The number of hydrogen-bond donors (Lipinski definition) is 1. The van der Waals surface area contributed by atoms with E-state index in [1.54, 1.807) is 11.9 Å². The molecule has 1 heterocycles. The van der Waals surface area contributed by atoms with Gasteiger partial charge < -0.3 is 10.2 Å². The smallest absolute Gasteiger partial charge is 0.344 e. The molecule has 4 fully saturated rings. The number of likely N-dealkylation sites (N-methyl/N-ethyl adjacent to an activating group) is 1. The first-order chi connectivity index (χ1) is 20.9. The molecule has 10 heteroatoms. The zero-order chi connectivity index (χ0) is 31.7. The van der Waals surface area contributed by atoms with Gasteiger partial charge in [0.15, 0.2) is 0 Å². The van der Waals surface area contributed by atoms with Crippen LogP contribution in [0, 0.1) is 29.6 Å². The Hall–Kier alpha value is -1.03. The maximum atomic E-state index is 13.9. The third-order valence-electron chi connectivity index (χ3n) is 11.4. The SMILES string of the molecule is CN(CCC1CC(C(F)(F)F)CC(C(F)(F)F)C1)C(=O)C(C1CCCCC1)N1CCC(NCCCCC2CCCCC2)CC1. The van der Waals surface area contributed by atoms with Crippen LogP contribution in [0.2, 0.25) is 0 Å². The molecule has 256 valence electrons. The van der Waals surface area contributed by atoms with Gasteiger partial charge in [-0.1, -0.05) is 64.2 Å². The maximum absolute atomic E-state index is 13.9. The monoisotopic (exact) mass is 637 g/mol. The standard InChI is InChI=1S/C34H57F6N3O/c1-42(19-15-26-22-28(33(35,36)37)24-29(23-26)34(38,39)40)32(44)31(27-13-6-3-7-14-27)43-20-16-30(17-21-43)41-18-9-8-12-25-10-4-2-5-11-25/h25-31,41H,2-24H2,1H3. The van der Waals surface area contributed by atoms with Crippen LogP contribution in [0.15, 0.2) is 0 Å². The van der Waals surface area contributed by atoms with Gasteiger partial charge in [-0.25, -0.2) is 0 Å². The van der Waals surface area contributed by atoms with E-state index in [0.29, 0.717) is 6.04 Å². The van der Waals surface area contributed by atoms with Gasteiger partial charge in [0.25, 0.3) is 0 Å². The molecule has 4 aliphatic rings. The van der Waals surface area contributed by atoms with Crippen molar-refractivity contribution < 1.29 is 31.1 Å². The highest BCUT2D eigenvalue weighted by Crippen LogP contribution is 2.48. The maximum Gasteiger partial charge on any atom is 0.391 e. The van der Waals surface area contributed by atoms with E-state index >= 15 is 0 Å². The Bertz CT molecular complexity index is 825. The molecule has 0 spiro atoms. The molecule has 3 saturated carbocycles. The molecule has 0 bridgehead atoms. The molecule has 1 N–H and O–H groups in total. The summed E-state index contributed by atoms with van der Waals surface area (Å²) in [6.07, 6.45) is 7.62. The second-order valence-corrected chi connectivity index (χ2v) is 14.7. The second-order valence-electron chi connectivity index (χ2n) is 14.7. The van der Waals surface area contributed by atoms with Crippen molar-refractivity contribution in [3.8, 4) is 0 Å². The van der Waals surface area contributed by atoms with Crippen LogP contribution in [0.1, 0.15) is 122 Å². The van der Waals surface area contributed by atoms with E-state index in [0.717, 1.165) is 64.1 Å². The van der Waals surface area contributed by atoms with Crippen molar-refractivity contribution in [1.29, 1.82) is 0 Å². The number of halogens is 6. The Morgan fingerprint density at radius 1 is 0.750 bits per heavy atom. The Balaban J connectivity index is 1.26. The van der Waals surface area contributed by atoms with Crippen molar-refractivity contribution in [1.82, 2.24) is 15.1 Å². The van der Waals surface area contributed by atoms with E-state index in [1.807, 2.05) is 0 Å². The third-order valence-corrected chi connectivity index (χ3v) is 11.4. The fraction of sp³-hybridized carbons (Fsp3) is 0.971. The van der Waals surface area contributed by atoms with Crippen LogP contribution < -0.4 is 5.32 Å². The van der Waals surface area contributed by atoms with Crippen LogP contribution in [0.25, 0.3) is 0 Å². The van der Waals surface area contributed by atoms with Gasteiger partial charge >= 0.3 is 12.4 Å². The normalized spacial score (nSPS) is 28.2. The number of nitrogens with one attached hydrogen (secondary N) is 1. The molecule has 0 aromatic rings. The van der Waals surface area contributed by atoms with E-state index in [4.69, 9.17) is 0 Å². The summed E-state index contributed by atoms with van der Waals surface area (Å²) in [6, 6.07) is 0.198. The fourth-order valence-electron chi connectivity index (χ4n) is 8.75. The molecule has 4 nitrogen and oxygen atoms in total. The summed E-state index contributed by atoms with van der Waals surface area (Å²) >= 11 is 0. The predicted molar refractivity (Wildman–Crippen MR) is 162 cm³/mol. The zero-order valence-corrected chi connectivity index (χ0v) is 26.9. The molecule has 4 rings (SSSR count). The number of likely N-dealkylation sites (tertiary alicyclic amines) is 1. The molecule has 1 saturated heterocycles. The van der Waals surface area contributed by atoms with Crippen molar-refractivity contribution in [3.63, 3.8) is 0 Å². The minimum absolute atomic E-state index is 0.0124. The van der Waals surface area contributed by atoms with Crippen LogP contribution in [0.3, 0.4) is 0 Å². The molecule has 1 amide bonds. The van der Waals surface area contributed by atoms with Gasteiger partial charge in [0, 0.05) is 32.7 Å². The zero-order valence-electron chi connectivity index (χ0n) is 26.9. The predicted octanol–water partition coefficient (Wildman–Crippen LogP) is 8.75. The Morgan fingerprint density at radius 3 is 1.89 bits per heavy atom. The van der Waals surface area contributed by atoms with Crippen LogP contribution in [0.4, 0.5) is 26.3 Å². The number of alkyl halides is 6. The molecule has 0 aromatic carbocycles. The van der Waals surface area contributed by atoms with Gasteiger partial charge in [0.1, 0.15) is 0 Å². The van der Waals surface area contributed by atoms with E-state index < -0.39 is 36.5 Å². The van der Waals surface area contributed by atoms with Gasteiger partial charge in [-0.15, -0.1) is 0 Å². The Kier molecular flexibility index (Phi) is 13.6. The molecule has 0 aromatic heterocycles. The Labute approximate surface area is 261 Å². The summed E-state index contributed by atoms with van der Waals surface area (Å²) < 4.78 is 80.9. The lowest BCUT2D eigenvalue weighted by Crippen LogP contribution is -2.56. The number of carbonyl (C=O) groups excluding carboxylic acids is 1. The minimum Gasteiger partial charge on any atom is -0.344 e. The number of carbonyl (C=O) groups is 1. The number of amides is 1. The summed E-state index contributed by atoms with van der Waals surface area (Å²) in [4.78, 5) is 17.9. The van der Waals surface area contributed by atoms with Gasteiger partial charge in [0.05, 0.1) is 17.9 Å². The lowest BCUT2D eigenvalue weighted by molar-refractivity contribution is -0.229. The Morgan fingerprint density at radius 2 is 1.32 bits per heavy atom. The topological polar surface area (TPSA) is 35.6 Å². The molecule has 3 aliphatic carbocycles. The number of piperidine rings is 1. The number of hydrogen-bond acceptors (Lipinski definition) is 3. The molecule has 0 radical (unpaired) electrons. The highest BCUT2D eigenvalue weighted by Gasteiger charge is 2.51. The lowest BCUT2D eigenvalue weighted by Gasteiger charge is -2.43. The molecule has 44 heavy (non-hydrogen) atoms. The van der Waals surface area contributed by atoms with E-state index in [2.05, 4.69) is 10.2 Å². The van der Waals surface area contributed by atoms with Gasteiger partial charge in [-0.2, -0.15) is 26.3 Å². The van der Waals surface area contributed by atoms with Crippen LogP contribution in [0.5, 0.6) is 0 Å². The lowest BCUT2D eigenvalue weighted by atomic mass is 9.73. The quantitative estimate of drug-likeness (QED) is 0.172. The van der Waals surface area contributed by atoms with Crippen molar-refractivity contribution in [3.05, 3.63) is 0 Å². The largest absolute Gasteiger partial charge is 0.391 e. The summed E-state index contributed by atoms with van der Waals surface area (Å²) in [5.41, 5.74) is 0.